The van der Waals surface area contributed by atoms with Gasteiger partial charge in [-0.15, -0.1) is 0 Å². The van der Waals surface area contributed by atoms with Crippen molar-refractivity contribution >= 4 is 9.04 Å². The van der Waals surface area contributed by atoms with E-state index in [1.807, 2.05) is 0 Å². The quantitative estimate of drug-likeness (QED) is 0.798. The third kappa shape index (κ3) is 5.80. The summed E-state index contributed by atoms with van der Waals surface area (Å²) in [7, 11) is -0.985. The predicted molar refractivity (Wildman–Crippen MR) is 81.4 cm³/mol. The van der Waals surface area contributed by atoms with Gasteiger partial charge >= 0.3 is 0 Å². The molecule has 2 nitrogen and oxygen atoms in total. The smallest absolute Gasteiger partial charge is 0.171 e. The SMILES string of the molecule is C[SiH](C)OC(CNCc1ccccc1)C(C)(C)C. The second kappa shape index (κ2) is 7.07. The first kappa shape index (κ1) is 15.4. The second-order valence-electron chi connectivity index (χ2n) is 6.16. The summed E-state index contributed by atoms with van der Waals surface area (Å²) < 4.78 is 6.13. The summed E-state index contributed by atoms with van der Waals surface area (Å²) in [6.45, 7) is 13.0. The van der Waals surface area contributed by atoms with Crippen LogP contribution in [0.3, 0.4) is 0 Å². The highest BCUT2D eigenvalue weighted by Crippen LogP contribution is 2.22. The zero-order valence-corrected chi connectivity index (χ0v) is 13.5. The van der Waals surface area contributed by atoms with Crippen LogP contribution in [0.1, 0.15) is 26.3 Å². The fourth-order valence-corrected chi connectivity index (χ4v) is 2.99. The van der Waals surface area contributed by atoms with Crippen LogP contribution in [0.25, 0.3) is 0 Å². The minimum Gasteiger partial charge on any atom is -0.416 e. The molecule has 0 saturated carbocycles. The molecule has 0 heterocycles. The molecule has 0 saturated heterocycles. The van der Waals surface area contributed by atoms with Gasteiger partial charge in [0.1, 0.15) is 0 Å². The van der Waals surface area contributed by atoms with Gasteiger partial charge in [-0.1, -0.05) is 51.1 Å². The molecule has 102 valence electrons. The molecule has 0 bridgehead atoms. The molecular weight excluding hydrogens is 238 g/mol. The van der Waals surface area contributed by atoms with E-state index in [0.29, 0.717) is 6.10 Å². The molecule has 0 aliphatic carbocycles. The Labute approximate surface area is 113 Å². The van der Waals surface area contributed by atoms with Gasteiger partial charge in [0.2, 0.25) is 0 Å². The summed E-state index contributed by atoms with van der Waals surface area (Å²) in [4.78, 5) is 0. The van der Waals surface area contributed by atoms with Crippen molar-refractivity contribution in [2.75, 3.05) is 6.54 Å². The number of nitrogens with one attached hydrogen (secondary N) is 1. The van der Waals surface area contributed by atoms with Crippen molar-refractivity contribution < 1.29 is 4.43 Å². The normalized spacial score (nSPS) is 13.9. The molecule has 0 aliphatic rings. The molecule has 1 aromatic rings. The lowest BCUT2D eigenvalue weighted by molar-refractivity contribution is 0.0854. The van der Waals surface area contributed by atoms with Gasteiger partial charge < -0.3 is 9.74 Å². The summed E-state index contributed by atoms with van der Waals surface area (Å²) in [5.74, 6) is 0. The maximum atomic E-state index is 6.13. The average molecular weight is 265 g/mol. The fourth-order valence-electron chi connectivity index (χ4n) is 1.83. The molecule has 0 aromatic heterocycles. The number of hydrogen-bond acceptors (Lipinski definition) is 2. The molecule has 1 atom stereocenters. The summed E-state index contributed by atoms with van der Waals surface area (Å²) in [6.07, 6.45) is 0.299. The van der Waals surface area contributed by atoms with E-state index in [1.54, 1.807) is 0 Å². The van der Waals surface area contributed by atoms with Gasteiger partial charge in [-0.2, -0.15) is 0 Å². The predicted octanol–water partition coefficient (Wildman–Crippen LogP) is 3.19. The highest BCUT2D eigenvalue weighted by Gasteiger charge is 2.25. The average Bonchev–Trinajstić information content (AvgIpc) is 2.27. The topological polar surface area (TPSA) is 21.3 Å². The fraction of sp³-hybridized carbons (Fsp3) is 0.600. The standard InChI is InChI=1S/C15H27NOSi/c1-15(2,3)14(17-18(4)5)12-16-11-13-9-7-6-8-10-13/h6-10,14,16,18H,11-12H2,1-5H3. The van der Waals surface area contributed by atoms with Gasteiger partial charge in [-0.25, -0.2) is 0 Å². The van der Waals surface area contributed by atoms with Gasteiger partial charge in [0.05, 0.1) is 6.10 Å². The minimum atomic E-state index is -0.985. The maximum absolute atomic E-state index is 6.13. The van der Waals surface area contributed by atoms with Crippen molar-refractivity contribution in [1.29, 1.82) is 0 Å². The Bertz CT molecular complexity index is 332. The number of hydrogen-bond donors (Lipinski definition) is 1. The highest BCUT2D eigenvalue weighted by atomic mass is 28.3. The first-order chi connectivity index (χ1) is 8.39. The van der Waals surface area contributed by atoms with Gasteiger partial charge in [0.15, 0.2) is 9.04 Å². The summed E-state index contributed by atoms with van der Waals surface area (Å²) >= 11 is 0. The molecule has 0 spiro atoms. The lowest BCUT2D eigenvalue weighted by Gasteiger charge is -2.32. The van der Waals surface area contributed by atoms with Gasteiger partial charge in [-0.3, -0.25) is 0 Å². The van der Waals surface area contributed by atoms with Crippen LogP contribution in [-0.4, -0.2) is 21.7 Å². The molecule has 1 N–H and O–H groups in total. The maximum Gasteiger partial charge on any atom is 0.171 e. The van der Waals surface area contributed by atoms with Crippen LogP contribution >= 0.6 is 0 Å². The molecular formula is C15H27NOSi. The third-order valence-electron chi connectivity index (χ3n) is 2.90. The van der Waals surface area contributed by atoms with E-state index in [9.17, 15) is 0 Å². The molecule has 0 radical (unpaired) electrons. The zero-order chi connectivity index (χ0) is 13.6. The van der Waals surface area contributed by atoms with Crippen LogP contribution in [0.15, 0.2) is 30.3 Å². The van der Waals surface area contributed by atoms with E-state index in [0.717, 1.165) is 13.1 Å². The van der Waals surface area contributed by atoms with E-state index >= 15 is 0 Å². The van der Waals surface area contributed by atoms with Crippen LogP contribution in [0, 0.1) is 5.41 Å². The van der Waals surface area contributed by atoms with Crippen molar-refractivity contribution in [2.24, 2.45) is 5.41 Å². The Morgan fingerprint density at radius 2 is 1.78 bits per heavy atom. The van der Waals surface area contributed by atoms with Gasteiger partial charge in [0.25, 0.3) is 0 Å². The lowest BCUT2D eigenvalue weighted by Crippen LogP contribution is -2.41. The van der Waals surface area contributed by atoms with E-state index in [4.69, 9.17) is 4.43 Å². The van der Waals surface area contributed by atoms with Gasteiger partial charge in [-0.05, 0) is 24.1 Å². The Hall–Kier alpha value is -0.643. The van der Waals surface area contributed by atoms with Crippen LogP contribution in [0.2, 0.25) is 13.1 Å². The van der Waals surface area contributed by atoms with Crippen molar-refractivity contribution in [2.45, 2.75) is 46.5 Å². The summed E-state index contributed by atoms with van der Waals surface area (Å²) in [5.41, 5.74) is 1.52. The minimum absolute atomic E-state index is 0.195. The summed E-state index contributed by atoms with van der Waals surface area (Å²) in [6, 6.07) is 10.5. The Kier molecular flexibility index (Phi) is 6.06. The largest absolute Gasteiger partial charge is 0.416 e. The van der Waals surface area contributed by atoms with Crippen LogP contribution in [0.5, 0.6) is 0 Å². The number of benzene rings is 1. The van der Waals surface area contributed by atoms with Crippen LogP contribution < -0.4 is 5.32 Å². The third-order valence-corrected chi connectivity index (χ3v) is 3.78. The van der Waals surface area contributed by atoms with E-state index < -0.39 is 9.04 Å². The monoisotopic (exact) mass is 265 g/mol. The number of rotatable bonds is 6. The Morgan fingerprint density at radius 1 is 1.17 bits per heavy atom. The van der Waals surface area contributed by atoms with E-state index in [2.05, 4.69) is 69.5 Å². The molecule has 0 aliphatic heterocycles. The van der Waals surface area contributed by atoms with Crippen molar-refractivity contribution in [3.63, 3.8) is 0 Å². The van der Waals surface area contributed by atoms with Crippen LogP contribution in [0.4, 0.5) is 0 Å². The molecule has 0 fully saturated rings. The molecule has 1 unspecified atom stereocenters. The van der Waals surface area contributed by atoms with Gasteiger partial charge in [0, 0.05) is 13.1 Å². The molecule has 1 aromatic carbocycles. The molecule has 0 amide bonds. The van der Waals surface area contributed by atoms with E-state index in [1.165, 1.54) is 5.56 Å². The van der Waals surface area contributed by atoms with Crippen LogP contribution in [-0.2, 0) is 11.0 Å². The first-order valence-corrected chi connectivity index (χ1v) is 9.58. The highest BCUT2D eigenvalue weighted by molar-refractivity contribution is 6.48. The molecule has 3 heteroatoms. The molecule has 1 rings (SSSR count). The zero-order valence-electron chi connectivity index (χ0n) is 12.4. The first-order valence-electron chi connectivity index (χ1n) is 6.79. The summed E-state index contributed by atoms with van der Waals surface area (Å²) in [5, 5.41) is 3.51. The van der Waals surface area contributed by atoms with Crippen molar-refractivity contribution in [3.8, 4) is 0 Å². The van der Waals surface area contributed by atoms with E-state index in [-0.39, 0.29) is 5.41 Å². The second-order valence-corrected chi connectivity index (χ2v) is 8.53. The Morgan fingerprint density at radius 3 is 2.28 bits per heavy atom. The lowest BCUT2D eigenvalue weighted by atomic mass is 9.89. The van der Waals surface area contributed by atoms with Crippen molar-refractivity contribution in [1.82, 2.24) is 5.32 Å². The Balaban J connectivity index is 2.43. The molecule has 18 heavy (non-hydrogen) atoms. The van der Waals surface area contributed by atoms with Crippen molar-refractivity contribution in [3.05, 3.63) is 35.9 Å².